The van der Waals surface area contributed by atoms with Gasteiger partial charge in [-0.25, -0.2) is 0 Å². The van der Waals surface area contributed by atoms with Gasteiger partial charge in [0.15, 0.2) is 0 Å². The van der Waals surface area contributed by atoms with Crippen molar-refractivity contribution in [3.8, 4) is 0 Å². The van der Waals surface area contributed by atoms with Crippen LogP contribution in [0.4, 0.5) is 13.2 Å². The lowest BCUT2D eigenvalue weighted by Crippen LogP contribution is -2.52. The van der Waals surface area contributed by atoms with E-state index in [0.717, 1.165) is 12.8 Å². The van der Waals surface area contributed by atoms with Crippen LogP contribution >= 0.6 is 0 Å². The zero-order valence-corrected chi connectivity index (χ0v) is 12.6. The third-order valence-electron chi connectivity index (χ3n) is 4.94. The highest BCUT2D eigenvalue weighted by Gasteiger charge is 2.42. The SMILES string of the molecule is CC1(CNC(=O)C2CCC(C(F)(F)F)CN2)CCCCC1. The Morgan fingerprint density at radius 3 is 2.43 bits per heavy atom. The van der Waals surface area contributed by atoms with Gasteiger partial charge in [0.25, 0.3) is 0 Å². The molecular weight excluding hydrogens is 281 g/mol. The molecule has 0 spiro atoms. The van der Waals surface area contributed by atoms with Crippen LogP contribution in [-0.4, -0.2) is 31.2 Å². The third-order valence-corrected chi connectivity index (χ3v) is 4.94. The van der Waals surface area contributed by atoms with Gasteiger partial charge in [-0.2, -0.15) is 13.2 Å². The van der Waals surface area contributed by atoms with Gasteiger partial charge in [0, 0.05) is 13.1 Å². The summed E-state index contributed by atoms with van der Waals surface area (Å²) in [5, 5.41) is 5.68. The number of amides is 1. The van der Waals surface area contributed by atoms with Gasteiger partial charge >= 0.3 is 6.18 Å². The molecule has 0 radical (unpaired) electrons. The van der Waals surface area contributed by atoms with E-state index in [1.807, 2.05) is 0 Å². The van der Waals surface area contributed by atoms with Gasteiger partial charge in [-0.05, 0) is 31.1 Å². The number of carbonyl (C=O) groups is 1. The van der Waals surface area contributed by atoms with Crippen LogP contribution in [-0.2, 0) is 4.79 Å². The van der Waals surface area contributed by atoms with Crippen LogP contribution in [0, 0.1) is 11.3 Å². The first-order valence-electron chi connectivity index (χ1n) is 7.88. The van der Waals surface area contributed by atoms with Crippen LogP contribution in [0.1, 0.15) is 51.9 Å². The average Bonchev–Trinajstić information content (AvgIpc) is 2.45. The molecule has 6 heteroatoms. The molecule has 1 aliphatic carbocycles. The van der Waals surface area contributed by atoms with Gasteiger partial charge in [-0.1, -0.05) is 26.2 Å². The van der Waals surface area contributed by atoms with Crippen molar-refractivity contribution < 1.29 is 18.0 Å². The molecule has 3 nitrogen and oxygen atoms in total. The predicted molar refractivity (Wildman–Crippen MR) is 74.8 cm³/mol. The molecular formula is C15H25F3N2O. The number of hydrogen-bond donors (Lipinski definition) is 2. The zero-order valence-electron chi connectivity index (χ0n) is 12.6. The normalized spacial score (nSPS) is 29.9. The highest BCUT2D eigenvalue weighted by atomic mass is 19.4. The Balaban J connectivity index is 1.75. The van der Waals surface area contributed by atoms with E-state index >= 15 is 0 Å². The van der Waals surface area contributed by atoms with Crippen molar-refractivity contribution >= 4 is 5.91 Å². The van der Waals surface area contributed by atoms with Gasteiger partial charge in [0.05, 0.1) is 12.0 Å². The van der Waals surface area contributed by atoms with E-state index in [2.05, 4.69) is 17.6 Å². The number of rotatable bonds is 3. The minimum Gasteiger partial charge on any atom is -0.354 e. The fraction of sp³-hybridized carbons (Fsp3) is 0.933. The predicted octanol–water partition coefficient (Wildman–Crippen LogP) is 3.00. The Bertz CT molecular complexity index is 356. The Labute approximate surface area is 124 Å². The summed E-state index contributed by atoms with van der Waals surface area (Å²) in [6.07, 6.45) is 2.00. The molecule has 1 saturated carbocycles. The molecule has 21 heavy (non-hydrogen) atoms. The molecule has 2 aliphatic rings. The van der Waals surface area contributed by atoms with Crippen molar-refractivity contribution in [2.45, 2.75) is 64.1 Å². The van der Waals surface area contributed by atoms with Gasteiger partial charge in [-0.3, -0.25) is 4.79 Å². The Hall–Kier alpha value is -0.780. The summed E-state index contributed by atoms with van der Waals surface area (Å²) in [6.45, 7) is 2.66. The minimum atomic E-state index is -4.16. The molecule has 0 aromatic rings. The molecule has 1 saturated heterocycles. The van der Waals surface area contributed by atoms with Crippen LogP contribution < -0.4 is 10.6 Å². The summed E-state index contributed by atoms with van der Waals surface area (Å²) in [4.78, 5) is 12.1. The lowest BCUT2D eigenvalue weighted by atomic mass is 9.75. The van der Waals surface area contributed by atoms with E-state index in [1.54, 1.807) is 0 Å². The molecule has 2 rings (SSSR count). The summed E-state index contributed by atoms with van der Waals surface area (Å²) in [7, 11) is 0. The second-order valence-corrected chi connectivity index (χ2v) is 6.87. The fourth-order valence-electron chi connectivity index (χ4n) is 3.37. The van der Waals surface area contributed by atoms with Crippen LogP contribution in [0.3, 0.4) is 0 Å². The summed E-state index contributed by atoms with van der Waals surface area (Å²) in [5.74, 6) is -1.47. The van der Waals surface area contributed by atoms with Crippen molar-refractivity contribution in [3.05, 3.63) is 0 Å². The summed E-state index contributed by atoms with van der Waals surface area (Å²) in [5.41, 5.74) is 0.150. The number of nitrogens with one attached hydrogen (secondary N) is 2. The summed E-state index contributed by atoms with van der Waals surface area (Å²) >= 11 is 0. The number of hydrogen-bond acceptors (Lipinski definition) is 2. The highest BCUT2D eigenvalue weighted by Crippen LogP contribution is 2.35. The number of halogens is 3. The number of alkyl halides is 3. The van der Waals surface area contributed by atoms with E-state index in [4.69, 9.17) is 0 Å². The van der Waals surface area contributed by atoms with E-state index in [-0.39, 0.29) is 30.7 Å². The van der Waals surface area contributed by atoms with Gasteiger partial charge < -0.3 is 10.6 Å². The van der Waals surface area contributed by atoms with Crippen LogP contribution in [0.5, 0.6) is 0 Å². The van der Waals surface area contributed by atoms with Gasteiger partial charge in [0.2, 0.25) is 5.91 Å². The molecule has 1 aliphatic heterocycles. The zero-order chi connectivity index (χ0) is 15.5. The van der Waals surface area contributed by atoms with Gasteiger partial charge in [-0.15, -0.1) is 0 Å². The monoisotopic (exact) mass is 306 g/mol. The fourth-order valence-corrected chi connectivity index (χ4v) is 3.37. The van der Waals surface area contributed by atoms with Gasteiger partial charge in [0.1, 0.15) is 0 Å². The Kier molecular flexibility index (Phi) is 5.17. The van der Waals surface area contributed by atoms with E-state index in [9.17, 15) is 18.0 Å². The number of piperidine rings is 1. The Morgan fingerprint density at radius 2 is 1.90 bits per heavy atom. The molecule has 2 atom stereocenters. The first-order chi connectivity index (χ1) is 9.80. The Morgan fingerprint density at radius 1 is 1.24 bits per heavy atom. The van der Waals surface area contributed by atoms with Crippen LogP contribution in [0.15, 0.2) is 0 Å². The molecule has 0 aromatic heterocycles. The van der Waals surface area contributed by atoms with E-state index < -0.39 is 18.1 Å². The van der Waals surface area contributed by atoms with Crippen LogP contribution in [0.2, 0.25) is 0 Å². The highest BCUT2D eigenvalue weighted by molar-refractivity contribution is 5.81. The summed E-state index contributed by atoms with van der Waals surface area (Å²) in [6, 6.07) is -0.476. The topological polar surface area (TPSA) is 41.1 Å². The maximum absolute atomic E-state index is 12.6. The standard InChI is InChI=1S/C15H25F3N2O/c1-14(7-3-2-4-8-14)10-20-13(21)12-6-5-11(9-19-12)15(16,17)18/h11-12,19H,2-10H2,1H3,(H,20,21). The molecule has 1 heterocycles. The van der Waals surface area contributed by atoms with Crippen molar-refractivity contribution in [1.82, 2.24) is 10.6 Å². The smallest absolute Gasteiger partial charge is 0.354 e. The molecule has 0 bridgehead atoms. The lowest BCUT2D eigenvalue weighted by molar-refractivity contribution is -0.180. The molecule has 2 fully saturated rings. The van der Waals surface area contributed by atoms with E-state index in [0.29, 0.717) is 6.54 Å². The third kappa shape index (κ3) is 4.59. The second kappa shape index (κ2) is 6.55. The molecule has 0 aromatic carbocycles. The largest absolute Gasteiger partial charge is 0.393 e. The molecule has 122 valence electrons. The summed E-state index contributed by atoms with van der Waals surface area (Å²) < 4.78 is 37.7. The minimum absolute atomic E-state index is 0.0336. The quantitative estimate of drug-likeness (QED) is 0.841. The van der Waals surface area contributed by atoms with Crippen molar-refractivity contribution in [3.63, 3.8) is 0 Å². The number of carbonyl (C=O) groups excluding carboxylic acids is 1. The van der Waals surface area contributed by atoms with E-state index in [1.165, 1.54) is 19.3 Å². The van der Waals surface area contributed by atoms with Crippen molar-refractivity contribution in [2.75, 3.05) is 13.1 Å². The maximum Gasteiger partial charge on any atom is 0.393 e. The first-order valence-corrected chi connectivity index (χ1v) is 7.88. The molecule has 2 N–H and O–H groups in total. The molecule has 1 amide bonds. The van der Waals surface area contributed by atoms with Crippen molar-refractivity contribution in [1.29, 1.82) is 0 Å². The molecule has 2 unspecified atom stereocenters. The van der Waals surface area contributed by atoms with Crippen LogP contribution in [0.25, 0.3) is 0 Å². The lowest BCUT2D eigenvalue weighted by Gasteiger charge is -2.35. The first kappa shape index (κ1) is 16.6. The van der Waals surface area contributed by atoms with Crippen molar-refractivity contribution in [2.24, 2.45) is 11.3 Å². The second-order valence-electron chi connectivity index (χ2n) is 6.87. The average molecular weight is 306 g/mol. The maximum atomic E-state index is 12.6.